The topological polar surface area (TPSA) is 74.2 Å². The first-order valence-corrected chi connectivity index (χ1v) is 7.64. The summed E-state index contributed by atoms with van der Waals surface area (Å²) in [5.41, 5.74) is 0.488. The van der Waals surface area contributed by atoms with Gasteiger partial charge in [-0.1, -0.05) is 5.16 Å². The highest BCUT2D eigenvalue weighted by Crippen LogP contribution is 2.28. The molecule has 0 radical (unpaired) electrons. The van der Waals surface area contributed by atoms with Crippen molar-refractivity contribution in [2.45, 2.75) is 38.8 Å². The second-order valence-electron chi connectivity index (χ2n) is 6.24. The van der Waals surface area contributed by atoms with Gasteiger partial charge in [0.25, 0.3) is 5.91 Å². The number of amides is 3. The van der Waals surface area contributed by atoms with Crippen LogP contribution in [0.25, 0.3) is 0 Å². The number of hydrogen-bond donors (Lipinski definition) is 1. The Balaban J connectivity index is 1.63. The van der Waals surface area contributed by atoms with E-state index in [1.54, 1.807) is 4.90 Å². The molecule has 0 aromatic rings. The van der Waals surface area contributed by atoms with Gasteiger partial charge in [-0.15, -0.1) is 0 Å². The standard InChI is InChI=1S/C14H22N4O3/c1-9(2)15-14(20)18-7-10-11(8-18)21-16-12(10)13(19)17-5-3-4-6-17/h9-11H,3-8H2,1-2H3,(H,15,20). The van der Waals surface area contributed by atoms with Crippen molar-refractivity contribution in [1.29, 1.82) is 0 Å². The van der Waals surface area contributed by atoms with Crippen molar-refractivity contribution in [3.05, 3.63) is 0 Å². The van der Waals surface area contributed by atoms with Gasteiger partial charge in [0.2, 0.25) is 0 Å². The summed E-state index contributed by atoms with van der Waals surface area (Å²) in [6.45, 7) is 6.44. The molecule has 2 atom stereocenters. The number of rotatable bonds is 2. The van der Waals surface area contributed by atoms with Crippen molar-refractivity contribution in [3.63, 3.8) is 0 Å². The van der Waals surface area contributed by atoms with Crippen LogP contribution in [0.4, 0.5) is 4.79 Å². The lowest BCUT2D eigenvalue weighted by Gasteiger charge is -2.20. The number of oxime groups is 1. The fraction of sp³-hybridized carbons (Fsp3) is 0.786. The molecule has 7 heteroatoms. The van der Waals surface area contributed by atoms with Gasteiger partial charge >= 0.3 is 6.03 Å². The molecule has 0 aromatic carbocycles. The van der Waals surface area contributed by atoms with Crippen LogP contribution in [-0.4, -0.2) is 65.8 Å². The predicted molar refractivity (Wildman–Crippen MR) is 76.9 cm³/mol. The van der Waals surface area contributed by atoms with E-state index in [-0.39, 0.29) is 30.0 Å². The van der Waals surface area contributed by atoms with E-state index >= 15 is 0 Å². The first kappa shape index (κ1) is 14.2. The molecule has 0 aliphatic carbocycles. The maximum absolute atomic E-state index is 12.4. The van der Waals surface area contributed by atoms with Crippen LogP contribution >= 0.6 is 0 Å². The second kappa shape index (κ2) is 5.54. The van der Waals surface area contributed by atoms with E-state index < -0.39 is 0 Å². The van der Waals surface area contributed by atoms with Gasteiger partial charge < -0.3 is 20.0 Å². The first-order chi connectivity index (χ1) is 10.1. The third-order valence-electron chi connectivity index (χ3n) is 4.22. The van der Waals surface area contributed by atoms with Gasteiger partial charge in [-0.25, -0.2) is 4.79 Å². The molecule has 2 saturated heterocycles. The van der Waals surface area contributed by atoms with Gasteiger partial charge in [0.15, 0.2) is 11.8 Å². The lowest BCUT2D eigenvalue weighted by atomic mass is 10.00. The van der Waals surface area contributed by atoms with Crippen LogP contribution in [0, 0.1) is 5.92 Å². The number of likely N-dealkylation sites (tertiary alicyclic amines) is 2. The van der Waals surface area contributed by atoms with Crippen LogP contribution in [0.1, 0.15) is 26.7 Å². The Labute approximate surface area is 124 Å². The summed E-state index contributed by atoms with van der Waals surface area (Å²) in [5, 5.41) is 6.86. The number of carbonyl (C=O) groups excluding carboxylic acids is 2. The molecule has 0 spiro atoms. The molecule has 3 amide bonds. The number of nitrogens with one attached hydrogen (secondary N) is 1. The fourth-order valence-electron chi connectivity index (χ4n) is 3.12. The Morgan fingerprint density at radius 2 is 1.95 bits per heavy atom. The molecule has 3 aliphatic rings. The summed E-state index contributed by atoms with van der Waals surface area (Å²) in [5.74, 6) is -0.109. The molecule has 3 aliphatic heterocycles. The maximum Gasteiger partial charge on any atom is 0.317 e. The molecule has 2 fully saturated rings. The Kier molecular flexibility index (Phi) is 3.73. The molecule has 7 nitrogen and oxygen atoms in total. The van der Waals surface area contributed by atoms with E-state index in [9.17, 15) is 9.59 Å². The van der Waals surface area contributed by atoms with E-state index in [4.69, 9.17) is 4.84 Å². The van der Waals surface area contributed by atoms with E-state index in [0.717, 1.165) is 25.9 Å². The highest BCUT2D eigenvalue weighted by Gasteiger charge is 2.47. The van der Waals surface area contributed by atoms with Crippen molar-refractivity contribution >= 4 is 17.6 Å². The van der Waals surface area contributed by atoms with E-state index in [1.165, 1.54) is 0 Å². The lowest BCUT2D eigenvalue weighted by Crippen LogP contribution is -2.43. The third-order valence-corrected chi connectivity index (χ3v) is 4.22. The molecule has 3 heterocycles. The second-order valence-corrected chi connectivity index (χ2v) is 6.24. The van der Waals surface area contributed by atoms with Crippen molar-refractivity contribution < 1.29 is 14.4 Å². The Hall–Kier alpha value is -1.79. The summed E-state index contributed by atoms with van der Waals surface area (Å²) < 4.78 is 0. The summed E-state index contributed by atoms with van der Waals surface area (Å²) in [6, 6.07) is -0.00537. The van der Waals surface area contributed by atoms with Crippen LogP contribution in [0.15, 0.2) is 5.16 Å². The van der Waals surface area contributed by atoms with Gasteiger partial charge in [0.1, 0.15) is 0 Å². The molecular weight excluding hydrogens is 272 g/mol. The highest BCUT2D eigenvalue weighted by atomic mass is 16.6. The lowest BCUT2D eigenvalue weighted by molar-refractivity contribution is -0.123. The number of carbonyl (C=O) groups is 2. The average Bonchev–Trinajstić information content (AvgIpc) is 3.13. The zero-order valence-electron chi connectivity index (χ0n) is 12.5. The molecule has 0 bridgehead atoms. The minimum absolute atomic E-state index is 0.0221. The Bertz CT molecular complexity index is 471. The molecule has 3 rings (SSSR count). The van der Waals surface area contributed by atoms with Crippen molar-refractivity contribution in [2.24, 2.45) is 11.1 Å². The van der Waals surface area contributed by atoms with Gasteiger partial charge in [-0.2, -0.15) is 0 Å². The van der Waals surface area contributed by atoms with E-state index in [1.807, 2.05) is 18.7 Å². The predicted octanol–water partition coefficient (Wildman–Crippen LogP) is 0.413. The molecule has 2 unspecified atom stereocenters. The van der Waals surface area contributed by atoms with Crippen LogP contribution in [0.3, 0.4) is 0 Å². The maximum atomic E-state index is 12.4. The van der Waals surface area contributed by atoms with Crippen molar-refractivity contribution in [2.75, 3.05) is 26.2 Å². The van der Waals surface area contributed by atoms with Gasteiger partial charge in [0.05, 0.1) is 12.5 Å². The van der Waals surface area contributed by atoms with Crippen LogP contribution < -0.4 is 5.32 Å². The van der Waals surface area contributed by atoms with Gasteiger partial charge in [-0.05, 0) is 26.7 Å². The quantitative estimate of drug-likeness (QED) is 0.802. The molecule has 0 saturated carbocycles. The number of hydrogen-bond acceptors (Lipinski definition) is 4. The first-order valence-electron chi connectivity index (χ1n) is 7.64. The minimum Gasteiger partial charge on any atom is -0.389 e. The van der Waals surface area contributed by atoms with E-state index in [0.29, 0.717) is 18.8 Å². The number of urea groups is 1. The zero-order chi connectivity index (χ0) is 15.0. The summed E-state index contributed by atoms with van der Waals surface area (Å²) >= 11 is 0. The van der Waals surface area contributed by atoms with Crippen LogP contribution in [-0.2, 0) is 9.63 Å². The molecule has 1 N–H and O–H groups in total. The van der Waals surface area contributed by atoms with Gasteiger partial charge in [-0.3, -0.25) is 4.79 Å². The summed E-state index contributed by atoms with van der Waals surface area (Å²) in [4.78, 5) is 33.4. The number of fused-ring (bicyclic) bond motifs is 1. The Morgan fingerprint density at radius 1 is 1.24 bits per heavy atom. The van der Waals surface area contributed by atoms with Crippen molar-refractivity contribution in [3.8, 4) is 0 Å². The van der Waals surface area contributed by atoms with Gasteiger partial charge in [0, 0.05) is 25.7 Å². The third kappa shape index (κ3) is 2.69. The fourth-order valence-corrected chi connectivity index (χ4v) is 3.12. The average molecular weight is 294 g/mol. The minimum atomic E-state index is -0.176. The molecule has 21 heavy (non-hydrogen) atoms. The smallest absolute Gasteiger partial charge is 0.317 e. The van der Waals surface area contributed by atoms with Crippen LogP contribution in [0.5, 0.6) is 0 Å². The number of nitrogens with zero attached hydrogens (tertiary/aromatic N) is 3. The largest absolute Gasteiger partial charge is 0.389 e. The molecule has 116 valence electrons. The normalized spacial score (nSPS) is 27.7. The van der Waals surface area contributed by atoms with Crippen molar-refractivity contribution in [1.82, 2.24) is 15.1 Å². The van der Waals surface area contributed by atoms with E-state index in [2.05, 4.69) is 10.5 Å². The molecular formula is C14H22N4O3. The highest BCUT2D eigenvalue weighted by molar-refractivity contribution is 6.40. The van der Waals surface area contributed by atoms with Crippen LogP contribution in [0.2, 0.25) is 0 Å². The molecule has 0 aromatic heterocycles. The Morgan fingerprint density at radius 3 is 2.62 bits per heavy atom. The monoisotopic (exact) mass is 294 g/mol. The SMILES string of the molecule is CC(C)NC(=O)N1CC2ON=C(C(=O)N3CCCC3)C2C1. The summed E-state index contributed by atoms with van der Waals surface area (Å²) in [7, 11) is 0. The zero-order valence-corrected chi connectivity index (χ0v) is 12.5. The summed E-state index contributed by atoms with van der Waals surface area (Å²) in [6.07, 6.45) is 1.93.